The summed E-state index contributed by atoms with van der Waals surface area (Å²) < 4.78 is 0. The van der Waals surface area contributed by atoms with Crippen molar-refractivity contribution in [3.05, 3.63) is 29.8 Å². The van der Waals surface area contributed by atoms with E-state index in [4.69, 9.17) is 0 Å². The van der Waals surface area contributed by atoms with Crippen molar-refractivity contribution in [1.82, 2.24) is 15.1 Å². The molecular formula is C24H34N4O3. The van der Waals surface area contributed by atoms with Crippen molar-refractivity contribution in [3.8, 4) is 0 Å². The molecule has 1 spiro atoms. The van der Waals surface area contributed by atoms with Gasteiger partial charge in [-0.3, -0.25) is 19.4 Å². The summed E-state index contributed by atoms with van der Waals surface area (Å²) in [5.41, 5.74) is 1.36. The van der Waals surface area contributed by atoms with Crippen molar-refractivity contribution in [1.29, 1.82) is 0 Å². The van der Waals surface area contributed by atoms with Gasteiger partial charge in [0.1, 0.15) is 5.54 Å². The maximum absolute atomic E-state index is 12.6. The fourth-order valence-corrected chi connectivity index (χ4v) is 5.14. The number of anilines is 1. The molecule has 7 heteroatoms. The van der Waals surface area contributed by atoms with Crippen LogP contribution in [0.1, 0.15) is 70.3 Å². The summed E-state index contributed by atoms with van der Waals surface area (Å²) >= 11 is 0. The average Bonchev–Trinajstić information content (AvgIpc) is 3.31. The van der Waals surface area contributed by atoms with E-state index in [9.17, 15) is 14.4 Å². The number of piperidine rings is 1. The second kappa shape index (κ2) is 9.39. The van der Waals surface area contributed by atoms with Gasteiger partial charge in [-0.15, -0.1) is 0 Å². The molecule has 3 fully saturated rings. The highest BCUT2D eigenvalue weighted by Gasteiger charge is 2.52. The predicted octanol–water partition coefficient (Wildman–Crippen LogP) is 3.64. The third kappa shape index (κ3) is 4.92. The Hall–Kier alpha value is -2.41. The first-order valence-corrected chi connectivity index (χ1v) is 11.7. The molecule has 1 saturated carbocycles. The number of imide groups is 1. The van der Waals surface area contributed by atoms with Gasteiger partial charge in [-0.25, -0.2) is 4.79 Å². The quantitative estimate of drug-likeness (QED) is 0.652. The minimum Gasteiger partial charge on any atom is -0.326 e. The van der Waals surface area contributed by atoms with Crippen LogP contribution in [0.2, 0.25) is 0 Å². The fraction of sp³-hybridized carbons (Fsp3) is 0.625. The number of urea groups is 1. The molecule has 31 heavy (non-hydrogen) atoms. The second-order valence-electron chi connectivity index (χ2n) is 9.34. The van der Waals surface area contributed by atoms with E-state index in [-0.39, 0.29) is 30.8 Å². The van der Waals surface area contributed by atoms with Gasteiger partial charge in [0.25, 0.3) is 5.91 Å². The van der Waals surface area contributed by atoms with Gasteiger partial charge in [-0.2, -0.15) is 0 Å². The SMILES string of the molecule is CC1CCCCN1Cc1ccc(NC(=O)CCCN2C(=O)NC3(CCCC3)C2=O)cc1. The number of hydrogen-bond acceptors (Lipinski definition) is 4. The molecule has 4 amide bonds. The van der Waals surface area contributed by atoms with Crippen LogP contribution >= 0.6 is 0 Å². The Balaban J connectivity index is 1.21. The lowest BCUT2D eigenvalue weighted by atomic mass is 9.98. The van der Waals surface area contributed by atoms with Crippen LogP contribution in [0.5, 0.6) is 0 Å². The van der Waals surface area contributed by atoms with Gasteiger partial charge in [0.05, 0.1) is 0 Å². The standard InChI is InChI=1S/C24H34N4O3/c1-18-7-2-5-15-27(18)17-19-9-11-20(12-10-19)25-21(29)8-6-16-28-22(30)24(26-23(28)31)13-3-4-14-24/h9-12,18H,2-8,13-17H2,1H3,(H,25,29)(H,26,31). The van der Waals surface area contributed by atoms with E-state index in [0.29, 0.717) is 12.5 Å². The van der Waals surface area contributed by atoms with E-state index in [1.807, 2.05) is 12.1 Å². The summed E-state index contributed by atoms with van der Waals surface area (Å²) in [6, 6.07) is 8.36. The van der Waals surface area contributed by atoms with E-state index in [1.165, 1.54) is 29.7 Å². The number of nitrogens with zero attached hydrogens (tertiary/aromatic N) is 2. The third-order valence-electron chi connectivity index (χ3n) is 7.05. The Morgan fingerprint density at radius 1 is 1.13 bits per heavy atom. The number of likely N-dealkylation sites (tertiary alicyclic amines) is 1. The fourth-order valence-electron chi connectivity index (χ4n) is 5.14. The maximum atomic E-state index is 12.6. The maximum Gasteiger partial charge on any atom is 0.325 e. The van der Waals surface area contributed by atoms with E-state index in [0.717, 1.165) is 44.5 Å². The minimum atomic E-state index is -0.674. The van der Waals surface area contributed by atoms with E-state index < -0.39 is 5.54 Å². The highest BCUT2D eigenvalue weighted by molar-refractivity contribution is 6.07. The van der Waals surface area contributed by atoms with Crippen LogP contribution in [0.3, 0.4) is 0 Å². The third-order valence-corrected chi connectivity index (χ3v) is 7.05. The zero-order valence-corrected chi connectivity index (χ0v) is 18.5. The van der Waals surface area contributed by atoms with Crippen molar-refractivity contribution in [3.63, 3.8) is 0 Å². The van der Waals surface area contributed by atoms with Crippen LogP contribution in [-0.4, -0.2) is 52.3 Å². The first-order chi connectivity index (χ1) is 15.0. The molecule has 0 aromatic heterocycles. The van der Waals surface area contributed by atoms with Crippen molar-refractivity contribution in [2.45, 2.75) is 82.8 Å². The van der Waals surface area contributed by atoms with Crippen molar-refractivity contribution >= 4 is 23.5 Å². The number of amides is 4. The molecule has 1 unspecified atom stereocenters. The summed E-state index contributed by atoms with van der Waals surface area (Å²) in [5.74, 6) is -0.214. The van der Waals surface area contributed by atoms with Gasteiger partial charge in [0.2, 0.25) is 5.91 Å². The number of rotatable bonds is 7. The molecule has 3 aliphatic rings. The van der Waals surface area contributed by atoms with Gasteiger partial charge in [0.15, 0.2) is 0 Å². The highest BCUT2D eigenvalue weighted by Crippen LogP contribution is 2.35. The summed E-state index contributed by atoms with van der Waals surface area (Å²) in [7, 11) is 0. The molecular weight excluding hydrogens is 392 g/mol. The Bertz CT molecular complexity index is 817. The lowest BCUT2D eigenvalue weighted by Crippen LogP contribution is -2.44. The summed E-state index contributed by atoms with van der Waals surface area (Å²) in [4.78, 5) is 41.0. The molecule has 7 nitrogen and oxygen atoms in total. The Morgan fingerprint density at radius 2 is 1.87 bits per heavy atom. The van der Waals surface area contributed by atoms with Crippen LogP contribution in [0.15, 0.2) is 24.3 Å². The highest BCUT2D eigenvalue weighted by atomic mass is 16.2. The predicted molar refractivity (Wildman–Crippen MR) is 119 cm³/mol. The molecule has 2 N–H and O–H groups in total. The first kappa shape index (κ1) is 21.8. The topological polar surface area (TPSA) is 81.8 Å². The molecule has 1 aliphatic carbocycles. The second-order valence-corrected chi connectivity index (χ2v) is 9.34. The summed E-state index contributed by atoms with van der Waals surface area (Å²) in [6.45, 7) is 4.68. The van der Waals surface area contributed by atoms with Gasteiger partial charge in [-0.05, 0) is 63.3 Å². The molecule has 0 bridgehead atoms. The van der Waals surface area contributed by atoms with Crippen LogP contribution in [0, 0.1) is 0 Å². The molecule has 0 radical (unpaired) electrons. The van der Waals surface area contributed by atoms with E-state index in [1.54, 1.807) is 0 Å². The van der Waals surface area contributed by atoms with E-state index in [2.05, 4.69) is 34.6 Å². The molecule has 1 aromatic rings. The molecule has 2 saturated heterocycles. The smallest absolute Gasteiger partial charge is 0.325 e. The Labute approximate surface area is 184 Å². The van der Waals surface area contributed by atoms with Crippen LogP contribution in [0.4, 0.5) is 10.5 Å². The van der Waals surface area contributed by atoms with E-state index >= 15 is 0 Å². The first-order valence-electron chi connectivity index (χ1n) is 11.7. The summed E-state index contributed by atoms with van der Waals surface area (Å²) in [5, 5.41) is 5.80. The van der Waals surface area contributed by atoms with Gasteiger partial charge >= 0.3 is 6.03 Å². The lowest BCUT2D eigenvalue weighted by Gasteiger charge is -2.33. The van der Waals surface area contributed by atoms with Gasteiger partial charge in [0, 0.05) is 31.2 Å². The van der Waals surface area contributed by atoms with Gasteiger partial charge in [-0.1, -0.05) is 31.4 Å². The van der Waals surface area contributed by atoms with Crippen LogP contribution in [-0.2, 0) is 16.1 Å². The lowest BCUT2D eigenvalue weighted by molar-refractivity contribution is -0.131. The van der Waals surface area contributed by atoms with Gasteiger partial charge < -0.3 is 10.6 Å². The molecule has 2 aliphatic heterocycles. The molecule has 1 aromatic carbocycles. The number of benzene rings is 1. The summed E-state index contributed by atoms with van der Waals surface area (Å²) in [6.07, 6.45) is 7.98. The largest absolute Gasteiger partial charge is 0.326 e. The van der Waals surface area contributed by atoms with Crippen molar-refractivity contribution in [2.75, 3.05) is 18.4 Å². The minimum absolute atomic E-state index is 0.0972. The van der Waals surface area contributed by atoms with Crippen molar-refractivity contribution < 1.29 is 14.4 Å². The monoisotopic (exact) mass is 426 g/mol. The Morgan fingerprint density at radius 3 is 2.58 bits per heavy atom. The number of hydrogen-bond donors (Lipinski definition) is 2. The molecule has 1 atom stereocenters. The van der Waals surface area contributed by atoms with Crippen LogP contribution in [0.25, 0.3) is 0 Å². The van der Waals surface area contributed by atoms with Crippen LogP contribution < -0.4 is 10.6 Å². The Kier molecular flexibility index (Phi) is 6.60. The number of nitrogens with one attached hydrogen (secondary N) is 2. The average molecular weight is 427 g/mol. The number of carbonyl (C=O) groups excluding carboxylic acids is 3. The zero-order valence-electron chi connectivity index (χ0n) is 18.5. The molecule has 4 rings (SSSR count). The number of carbonyl (C=O) groups is 3. The molecule has 2 heterocycles. The molecule has 168 valence electrons. The van der Waals surface area contributed by atoms with Crippen molar-refractivity contribution in [2.24, 2.45) is 0 Å². The normalized spacial score (nSPS) is 23.4. The zero-order chi connectivity index (χ0) is 21.8.